The fourth-order valence-electron chi connectivity index (χ4n) is 2.15. The smallest absolute Gasteiger partial charge is 0.288 e. The summed E-state index contributed by atoms with van der Waals surface area (Å²) in [5, 5.41) is 13.7. The molecule has 1 aromatic heterocycles. The molecular formula is C13H18N4O3. The van der Waals surface area contributed by atoms with E-state index < -0.39 is 4.92 Å². The SMILES string of the molecule is CCCN(C(=O)c1cc([N+](=O)[O-])cnc1NC)C1CC1. The van der Waals surface area contributed by atoms with Crippen LogP contribution < -0.4 is 5.32 Å². The first-order chi connectivity index (χ1) is 9.58. The van der Waals surface area contributed by atoms with Crippen LogP contribution in [0.15, 0.2) is 12.3 Å². The number of nitrogens with one attached hydrogen (secondary N) is 1. The van der Waals surface area contributed by atoms with Gasteiger partial charge in [0.15, 0.2) is 0 Å². The van der Waals surface area contributed by atoms with Crippen LogP contribution in [0.4, 0.5) is 11.5 Å². The zero-order chi connectivity index (χ0) is 14.7. The van der Waals surface area contributed by atoms with E-state index in [2.05, 4.69) is 10.3 Å². The molecule has 1 N–H and O–H groups in total. The normalized spacial score (nSPS) is 13.9. The third kappa shape index (κ3) is 2.87. The maximum absolute atomic E-state index is 12.6. The van der Waals surface area contributed by atoms with Gasteiger partial charge in [-0.3, -0.25) is 14.9 Å². The molecule has 108 valence electrons. The lowest BCUT2D eigenvalue weighted by Gasteiger charge is -2.22. The fraction of sp³-hybridized carbons (Fsp3) is 0.538. The van der Waals surface area contributed by atoms with E-state index in [9.17, 15) is 14.9 Å². The van der Waals surface area contributed by atoms with Crippen molar-refractivity contribution in [2.24, 2.45) is 0 Å². The summed E-state index contributed by atoms with van der Waals surface area (Å²) in [6.45, 7) is 2.67. The van der Waals surface area contributed by atoms with E-state index in [0.29, 0.717) is 12.4 Å². The van der Waals surface area contributed by atoms with Gasteiger partial charge in [0.2, 0.25) is 0 Å². The summed E-state index contributed by atoms with van der Waals surface area (Å²) in [7, 11) is 1.65. The minimum atomic E-state index is -0.537. The second-order valence-corrected chi connectivity index (χ2v) is 4.83. The van der Waals surface area contributed by atoms with Crippen molar-refractivity contribution in [3.63, 3.8) is 0 Å². The number of nitro groups is 1. The second-order valence-electron chi connectivity index (χ2n) is 4.83. The van der Waals surface area contributed by atoms with Crippen molar-refractivity contribution < 1.29 is 9.72 Å². The highest BCUT2D eigenvalue weighted by Gasteiger charge is 2.34. The molecule has 1 heterocycles. The molecule has 1 fully saturated rings. The van der Waals surface area contributed by atoms with Gasteiger partial charge in [-0.05, 0) is 19.3 Å². The Morgan fingerprint density at radius 3 is 2.80 bits per heavy atom. The van der Waals surface area contributed by atoms with E-state index >= 15 is 0 Å². The number of hydrogen-bond acceptors (Lipinski definition) is 5. The molecule has 0 unspecified atom stereocenters. The van der Waals surface area contributed by atoms with Crippen LogP contribution in [-0.2, 0) is 0 Å². The Morgan fingerprint density at radius 2 is 2.30 bits per heavy atom. The number of aromatic nitrogens is 1. The minimum Gasteiger partial charge on any atom is -0.372 e. The molecule has 20 heavy (non-hydrogen) atoms. The Hall–Kier alpha value is -2.18. The van der Waals surface area contributed by atoms with E-state index in [4.69, 9.17) is 0 Å². The largest absolute Gasteiger partial charge is 0.372 e. The predicted octanol–water partition coefficient (Wildman–Crippen LogP) is 2.05. The molecule has 0 aromatic carbocycles. The van der Waals surface area contributed by atoms with Gasteiger partial charge in [0, 0.05) is 25.7 Å². The van der Waals surface area contributed by atoms with E-state index in [1.807, 2.05) is 6.92 Å². The highest BCUT2D eigenvalue weighted by Crippen LogP contribution is 2.30. The Bertz CT molecular complexity index is 528. The molecule has 0 aliphatic heterocycles. The van der Waals surface area contributed by atoms with Gasteiger partial charge in [0.25, 0.3) is 11.6 Å². The van der Waals surface area contributed by atoms with Gasteiger partial charge in [0.1, 0.15) is 12.0 Å². The van der Waals surface area contributed by atoms with Gasteiger partial charge in [-0.25, -0.2) is 4.98 Å². The third-order valence-corrected chi connectivity index (χ3v) is 3.26. The number of pyridine rings is 1. The van der Waals surface area contributed by atoms with Crippen molar-refractivity contribution in [2.45, 2.75) is 32.2 Å². The Balaban J connectivity index is 2.35. The van der Waals surface area contributed by atoms with E-state index in [0.717, 1.165) is 25.5 Å². The number of hydrogen-bond donors (Lipinski definition) is 1. The average molecular weight is 278 g/mol. The molecule has 0 atom stereocenters. The summed E-state index contributed by atoms with van der Waals surface area (Å²) < 4.78 is 0. The second kappa shape index (κ2) is 5.85. The van der Waals surface area contributed by atoms with E-state index in [1.165, 1.54) is 6.07 Å². The van der Waals surface area contributed by atoms with Gasteiger partial charge in [-0.1, -0.05) is 6.92 Å². The summed E-state index contributed by atoms with van der Waals surface area (Å²) in [5.41, 5.74) is 0.0987. The summed E-state index contributed by atoms with van der Waals surface area (Å²) in [4.78, 5) is 28.6. The van der Waals surface area contributed by atoms with Crippen LogP contribution in [0.25, 0.3) is 0 Å². The van der Waals surface area contributed by atoms with Crippen LogP contribution >= 0.6 is 0 Å². The van der Waals surface area contributed by atoms with Crippen LogP contribution in [-0.4, -0.2) is 40.3 Å². The Kier molecular flexibility index (Phi) is 4.16. The number of carbonyl (C=O) groups excluding carboxylic acids is 1. The van der Waals surface area contributed by atoms with Gasteiger partial charge in [-0.2, -0.15) is 0 Å². The van der Waals surface area contributed by atoms with Crippen molar-refractivity contribution >= 4 is 17.4 Å². The van der Waals surface area contributed by atoms with Gasteiger partial charge in [0.05, 0.1) is 10.5 Å². The molecular weight excluding hydrogens is 260 g/mol. The van der Waals surface area contributed by atoms with Crippen molar-refractivity contribution in [3.05, 3.63) is 27.9 Å². The topological polar surface area (TPSA) is 88.4 Å². The lowest BCUT2D eigenvalue weighted by Crippen LogP contribution is -2.34. The number of carbonyl (C=O) groups is 1. The first-order valence-electron chi connectivity index (χ1n) is 6.71. The fourth-order valence-corrected chi connectivity index (χ4v) is 2.15. The number of nitrogens with zero attached hydrogens (tertiary/aromatic N) is 3. The molecule has 1 aliphatic rings. The summed E-state index contributed by atoms with van der Waals surface area (Å²) in [6.07, 6.45) is 4.02. The lowest BCUT2D eigenvalue weighted by molar-refractivity contribution is -0.385. The number of amides is 1. The summed E-state index contributed by atoms with van der Waals surface area (Å²) in [6, 6.07) is 1.57. The van der Waals surface area contributed by atoms with Crippen LogP contribution in [0.2, 0.25) is 0 Å². The lowest BCUT2D eigenvalue weighted by atomic mass is 10.2. The van der Waals surface area contributed by atoms with Crippen LogP contribution in [0.1, 0.15) is 36.5 Å². The molecule has 0 spiro atoms. The Morgan fingerprint density at radius 1 is 1.60 bits per heavy atom. The standard InChI is InChI=1S/C13H18N4O3/c1-3-6-16(9-4-5-9)13(18)11-7-10(17(19)20)8-15-12(11)14-2/h7-9H,3-6H2,1-2H3,(H,14,15). The molecule has 1 amide bonds. The van der Waals surface area contributed by atoms with Crippen molar-refractivity contribution in [3.8, 4) is 0 Å². The van der Waals surface area contributed by atoms with Gasteiger partial charge < -0.3 is 10.2 Å². The molecule has 0 saturated heterocycles. The van der Waals surface area contributed by atoms with Crippen LogP contribution in [0, 0.1) is 10.1 Å². The molecule has 2 rings (SSSR count). The third-order valence-electron chi connectivity index (χ3n) is 3.26. The van der Waals surface area contributed by atoms with Crippen molar-refractivity contribution in [1.82, 2.24) is 9.88 Å². The highest BCUT2D eigenvalue weighted by molar-refractivity contribution is 5.99. The monoisotopic (exact) mass is 278 g/mol. The zero-order valence-corrected chi connectivity index (χ0v) is 11.6. The number of rotatable bonds is 6. The highest BCUT2D eigenvalue weighted by atomic mass is 16.6. The van der Waals surface area contributed by atoms with Crippen molar-refractivity contribution in [1.29, 1.82) is 0 Å². The molecule has 0 bridgehead atoms. The average Bonchev–Trinajstić information content (AvgIpc) is 3.27. The van der Waals surface area contributed by atoms with Gasteiger partial charge >= 0.3 is 0 Å². The van der Waals surface area contributed by atoms with E-state index in [-0.39, 0.29) is 23.2 Å². The molecule has 7 nitrogen and oxygen atoms in total. The summed E-state index contributed by atoms with van der Waals surface area (Å²) >= 11 is 0. The molecule has 1 saturated carbocycles. The van der Waals surface area contributed by atoms with Crippen LogP contribution in [0.5, 0.6) is 0 Å². The maximum atomic E-state index is 12.6. The Labute approximate surface area is 117 Å². The first-order valence-corrected chi connectivity index (χ1v) is 6.71. The first kappa shape index (κ1) is 14.2. The van der Waals surface area contributed by atoms with Gasteiger partial charge in [-0.15, -0.1) is 0 Å². The molecule has 1 aromatic rings. The minimum absolute atomic E-state index is 0.167. The molecule has 7 heteroatoms. The predicted molar refractivity (Wildman–Crippen MR) is 74.8 cm³/mol. The van der Waals surface area contributed by atoms with Crippen molar-refractivity contribution in [2.75, 3.05) is 18.9 Å². The maximum Gasteiger partial charge on any atom is 0.288 e. The van der Waals surface area contributed by atoms with E-state index in [1.54, 1.807) is 11.9 Å². The number of anilines is 1. The molecule has 0 radical (unpaired) electrons. The quantitative estimate of drug-likeness (QED) is 0.635. The molecule has 1 aliphatic carbocycles. The van der Waals surface area contributed by atoms with Crippen LogP contribution in [0.3, 0.4) is 0 Å². The summed E-state index contributed by atoms with van der Waals surface area (Å²) in [5.74, 6) is 0.192. The zero-order valence-electron chi connectivity index (χ0n) is 11.6.